The average molecular weight is 288 g/mol. The summed E-state index contributed by atoms with van der Waals surface area (Å²) in [7, 11) is 0. The molecule has 0 radical (unpaired) electrons. The monoisotopic (exact) mass is 287 g/mol. The van der Waals surface area contributed by atoms with Crippen molar-refractivity contribution in [3.8, 4) is 0 Å². The third-order valence-corrected chi connectivity index (χ3v) is 2.22. The Morgan fingerprint density at radius 2 is 2.25 bits per heavy atom. The largest absolute Gasteiger partial charge is 0.478 e. The van der Waals surface area contributed by atoms with Gasteiger partial charge in [0.1, 0.15) is 0 Å². The van der Waals surface area contributed by atoms with E-state index in [-0.39, 0.29) is 24.3 Å². The second kappa shape index (κ2) is 5.60. The van der Waals surface area contributed by atoms with Crippen LogP contribution in [0.1, 0.15) is 23.0 Å². The van der Waals surface area contributed by atoms with Gasteiger partial charge in [-0.1, -0.05) is 0 Å². The summed E-state index contributed by atoms with van der Waals surface area (Å²) in [5.41, 5.74) is 0.205. The van der Waals surface area contributed by atoms with Crippen molar-refractivity contribution < 1.29 is 19.4 Å². The Labute approximate surface area is 101 Å². The summed E-state index contributed by atoms with van der Waals surface area (Å²) in [6.07, 6.45) is 1.31. The van der Waals surface area contributed by atoms with Gasteiger partial charge in [-0.2, -0.15) is 0 Å². The molecule has 0 aromatic carbocycles. The molecule has 0 aliphatic heterocycles. The molecule has 0 spiro atoms. The Bertz CT molecular complexity index is 419. The number of esters is 1. The quantitative estimate of drug-likeness (QED) is 0.852. The van der Waals surface area contributed by atoms with E-state index in [1.165, 1.54) is 12.3 Å². The van der Waals surface area contributed by atoms with Crippen LogP contribution >= 0.6 is 15.9 Å². The van der Waals surface area contributed by atoms with Gasteiger partial charge in [-0.05, 0) is 28.9 Å². The van der Waals surface area contributed by atoms with E-state index < -0.39 is 11.9 Å². The lowest BCUT2D eigenvalue weighted by Gasteiger charge is -2.05. The Morgan fingerprint density at radius 3 is 2.81 bits per heavy atom. The molecular weight excluding hydrogens is 278 g/mol. The smallest absolute Gasteiger partial charge is 0.337 e. The average Bonchev–Trinajstić information content (AvgIpc) is 2.20. The molecule has 1 aromatic rings. The van der Waals surface area contributed by atoms with Crippen LogP contribution in [0.5, 0.6) is 0 Å². The van der Waals surface area contributed by atoms with E-state index in [0.717, 1.165) is 0 Å². The number of ether oxygens (including phenoxy) is 1. The fourth-order valence-electron chi connectivity index (χ4n) is 1.14. The van der Waals surface area contributed by atoms with Crippen molar-refractivity contribution in [2.75, 3.05) is 6.61 Å². The van der Waals surface area contributed by atoms with Gasteiger partial charge >= 0.3 is 11.9 Å². The van der Waals surface area contributed by atoms with E-state index in [2.05, 4.69) is 20.9 Å². The maximum absolute atomic E-state index is 11.2. The van der Waals surface area contributed by atoms with Crippen molar-refractivity contribution in [3.63, 3.8) is 0 Å². The first-order chi connectivity index (χ1) is 7.54. The number of aromatic nitrogens is 1. The van der Waals surface area contributed by atoms with Crippen LogP contribution in [0.3, 0.4) is 0 Å². The van der Waals surface area contributed by atoms with Gasteiger partial charge in [-0.25, -0.2) is 4.79 Å². The zero-order valence-electron chi connectivity index (χ0n) is 8.57. The van der Waals surface area contributed by atoms with E-state index in [0.29, 0.717) is 4.47 Å². The molecule has 0 fully saturated rings. The summed E-state index contributed by atoms with van der Waals surface area (Å²) >= 11 is 3.12. The molecule has 0 saturated carbocycles. The number of carboxylic acid groups (broad SMARTS) is 1. The minimum Gasteiger partial charge on any atom is -0.478 e. The summed E-state index contributed by atoms with van der Waals surface area (Å²) in [4.78, 5) is 26.0. The summed E-state index contributed by atoms with van der Waals surface area (Å²) in [5.74, 6) is -1.60. The lowest BCUT2D eigenvalue weighted by Crippen LogP contribution is -2.13. The molecule has 0 aliphatic rings. The van der Waals surface area contributed by atoms with Gasteiger partial charge in [0.15, 0.2) is 0 Å². The highest BCUT2D eigenvalue weighted by Gasteiger charge is 2.15. The van der Waals surface area contributed by atoms with Crippen LogP contribution < -0.4 is 0 Å². The molecule has 86 valence electrons. The van der Waals surface area contributed by atoms with Crippen molar-refractivity contribution in [2.45, 2.75) is 13.3 Å². The summed E-state index contributed by atoms with van der Waals surface area (Å²) < 4.78 is 5.28. The zero-order chi connectivity index (χ0) is 12.1. The molecule has 1 aromatic heterocycles. The lowest BCUT2D eigenvalue weighted by molar-refractivity contribution is -0.142. The van der Waals surface area contributed by atoms with Crippen LogP contribution in [-0.2, 0) is 16.0 Å². The second-order valence-corrected chi connectivity index (χ2v) is 3.85. The number of carbonyl (C=O) groups excluding carboxylic acids is 1. The molecule has 0 unspecified atom stereocenters. The van der Waals surface area contributed by atoms with Crippen molar-refractivity contribution in [2.24, 2.45) is 0 Å². The summed E-state index contributed by atoms with van der Waals surface area (Å²) in [6.45, 7) is 1.95. The number of carbonyl (C=O) groups is 2. The number of nitrogens with zero attached hydrogens (tertiary/aromatic N) is 1. The predicted octanol–water partition coefficient (Wildman–Crippen LogP) is 1.65. The van der Waals surface area contributed by atoms with Crippen molar-refractivity contribution in [3.05, 3.63) is 28.0 Å². The molecule has 5 nitrogen and oxygen atoms in total. The first-order valence-corrected chi connectivity index (χ1v) is 5.37. The molecule has 0 aliphatic carbocycles. The fraction of sp³-hybridized carbons (Fsp3) is 0.300. The summed E-state index contributed by atoms with van der Waals surface area (Å²) in [5, 5.41) is 8.92. The number of hydrogen-bond acceptors (Lipinski definition) is 4. The van der Waals surface area contributed by atoms with E-state index in [1.54, 1.807) is 6.92 Å². The highest BCUT2D eigenvalue weighted by Crippen LogP contribution is 2.14. The Morgan fingerprint density at radius 1 is 1.56 bits per heavy atom. The topological polar surface area (TPSA) is 76.5 Å². The summed E-state index contributed by atoms with van der Waals surface area (Å²) in [6, 6.07) is 1.41. The Hall–Kier alpha value is -1.43. The second-order valence-electron chi connectivity index (χ2n) is 2.93. The number of halogens is 1. The number of rotatable bonds is 4. The molecule has 0 bridgehead atoms. The minimum atomic E-state index is -1.12. The SMILES string of the molecule is CCOC(=O)Cc1ncc(Br)cc1C(=O)O. The number of carboxylic acids is 1. The number of pyridine rings is 1. The van der Waals surface area contributed by atoms with E-state index in [9.17, 15) is 9.59 Å². The molecule has 6 heteroatoms. The third kappa shape index (κ3) is 3.30. The van der Waals surface area contributed by atoms with Crippen LogP contribution in [0.25, 0.3) is 0 Å². The Kier molecular flexibility index (Phi) is 4.42. The zero-order valence-corrected chi connectivity index (χ0v) is 10.2. The van der Waals surface area contributed by atoms with Crippen molar-refractivity contribution >= 4 is 27.9 Å². The van der Waals surface area contributed by atoms with Gasteiger partial charge in [0.2, 0.25) is 0 Å². The fourth-order valence-corrected chi connectivity index (χ4v) is 1.47. The van der Waals surface area contributed by atoms with E-state index in [4.69, 9.17) is 9.84 Å². The molecule has 1 N–H and O–H groups in total. The van der Waals surface area contributed by atoms with Gasteiger partial charge in [-0.3, -0.25) is 9.78 Å². The molecule has 0 amide bonds. The van der Waals surface area contributed by atoms with Gasteiger partial charge in [-0.15, -0.1) is 0 Å². The van der Waals surface area contributed by atoms with Gasteiger partial charge in [0.05, 0.1) is 24.3 Å². The van der Waals surface area contributed by atoms with E-state index in [1.807, 2.05) is 0 Å². The molecule has 0 saturated heterocycles. The maximum atomic E-state index is 11.2. The highest BCUT2D eigenvalue weighted by atomic mass is 79.9. The number of hydrogen-bond donors (Lipinski definition) is 1. The first-order valence-electron chi connectivity index (χ1n) is 4.58. The van der Waals surface area contributed by atoms with Crippen molar-refractivity contribution in [1.82, 2.24) is 4.98 Å². The van der Waals surface area contributed by atoms with Gasteiger partial charge in [0.25, 0.3) is 0 Å². The third-order valence-electron chi connectivity index (χ3n) is 1.78. The first kappa shape index (κ1) is 12.6. The Balaban J connectivity index is 2.95. The van der Waals surface area contributed by atoms with Crippen LogP contribution in [-0.4, -0.2) is 28.6 Å². The van der Waals surface area contributed by atoms with Crippen LogP contribution in [0.2, 0.25) is 0 Å². The normalized spacial score (nSPS) is 9.88. The highest BCUT2D eigenvalue weighted by molar-refractivity contribution is 9.10. The van der Waals surface area contributed by atoms with Crippen LogP contribution in [0.4, 0.5) is 0 Å². The predicted molar refractivity (Wildman–Crippen MR) is 59.2 cm³/mol. The maximum Gasteiger partial charge on any atom is 0.337 e. The lowest BCUT2D eigenvalue weighted by atomic mass is 10.1. The minimum absolute atomic E-state index is 0.00225. The number of aromatic carboxylic acids is 1. The van der Waals surface area contributed by atoms with Crippen LogP contribution in [0.15, 0.2) is 16.7 Å². The van der Waals surface area contributed by atoms with Gasteiger partial charge < -0.3 is 9.84 Å². The molecule has 0 atom stereocenters. The van der Waals surface area contributed by atoms with Gasteiger partial charge in [0, 0.05) is 10.7 Å². The van der Waals surface area contributed by atoms with Crippen molar-refractivity contribution in [1.29, 1.82) is 0 Å². The molecular formula is C10H10BrNO4. The standard InChI is InChI=1S/C10H10BrNO4/c1-2-16-9(13)4-8-7(10(14)15)3-6(11)5-12-8/h3,5H,2,4H2,1H3,(H,14,15). The molecule has 16 heavy (non-hydrogen) atoms. The molecule has 1 heterocycles. The molecule has 1 rings (SSSR count). The van der Waals surface area contributed by atoms with E-state index >= 15 is 0 Å². The van der Waals surface area contributed by atoms with Crippen LogP contribution in [0, 0.1) is 0 Å².